The van der Waals surface area contributed by atoms with E-state index in [0.717, 1.165) is 19.4 Å². The van der Waals surface area contributed by atoms with Gasteiger partial charge >= 0.3 is 5.97 Å². The average molecular weight is 264 g/mol. The second-order valence-corrected chi connectivity index (χ2v) is 5.12. The van der Waals surface area contributed by atoms with Crippen LogP contribution in [-0.4, -0.2) is 32.2 Å². The van der Waals surface area contributed by atoms with E-state index in [1.165, 1.54) is 12.8 Å². The van der Waals surface area contributed by atoms with Crippen LogP contribution in [0.5, 0.6) is 0 Å². The van der Waals surface area contributed by atoms with Crippen molar-refractivity contribution < 1.29 is 9.53 Å². The summed E-state index contributed by atoms with van der Waals surface area (Å²) in [6, 6.07) is 10.2. The number of benzene rings is 1. The van der Waals surface area contributed by atoms with Crippen LogP contribution in [0.25, 0.3) is 0 Å². The van der Waals surface area contributed by atoms with Crippen LogP contribution in [0.4, 0.5) is 5.69 Å². The molecule has 0 aliphatic carbocycles. The smallest absolute Gasteiger partial charge is 0.325 e. The lowest BCUT2D eigenvalue weighted by Gasteiger charge is -2.23. The van der Waals surface area contributed by atoms with Gasteiger partial charge in [0.2, 0.25) is 0 Å². The number of nitrogens with two attached hydrogens (primary N) is 1. The molecule has 1 aromatic rings. The number of hydrogen-bond acceptors (Lipinski definition) is 4. The molecule has 0 aliphatic rings. The van der Waals surface area contributed by atoms with E-state index in [4.69, 9.17) is 5.73 Å². The maximum atomic E-state index is 11.4. The molecule has 0 aromatic heterocycles. The topological polar surface area (TPSA) is 55.6 Å². The Hall–Kier alpha value is -1.55. The van der Waals surface area contributed by atoms with E-state index in [0.29, 0.717) is 6.42 Å². The SMILES string of the molecule is COC(=O)C(C)(N)CCCCN(C)c1ccccc1. The maximum Gasteiger partial charge on any atom is 0.325 e. The molecule has 0 saturated carbocycles. The van der Waals surface area contributed by atoms with E-state index < -0.39 is 5.54 Å². The van der Waals surface area contributed by atoms with Crippen molar-refractivity contribution >= 4 is 11.7 Å². The van der Waals surface area contributed by atoms with Crippen molar-refractivity contribution in [3.05, 3.63) is 30.3 Å². The summed E-state index contributed by atoms with van der Waals surface area (Å²) in [5, 5.41) is 0. The Balaban J connectivity index is 2.30. The Kier molecular flexibility index (Phi) is 5.83. The molecule has 4 heteroatoms. The van der Waals surface area contributed by atoms with E-state index in [2.05, 4.69) is 28.8 Å². The van der Waals surface area contributed by atoms with Crippen molar-refractivity contribution in [2.45, 2.75) is 31.7 Å². The molecule has 1 aromatic carbocycles. The van der Waals surface area contributed by atoms with Gasteiger partial charge in [-0.3, -0.25) is 4.79 Å². The molecule has 0 bridgehead atoms. The molecule has 0 aliphatic heterocycles. The van der Waals surface area contributed by atoms with Gasteiger partial charge in [-0.25, -0.2) is 0 Å². The number of carbonyl (C=O) groups is 1. The molecule has 2 N–H and O–H groups in total. The van der Waals surface area contributed by atoms with Crippen molar-refractivity contribution in [2.75, 3.05) is 25.6 Å². The minimum absolute atomic E-state index is 0.344. The fraction of sp³-hybridized carbons (Fsp3) is 0.533. The highest BCUT2D eigenvalue weighted by atomic mass is 16.5. The number of anilines is 1. The summed E-state index contributed by atoms with van der Waals surface area (Å²) >= 11 is 0. The van der Waals surface area contributed by atoms with E-state index in [1.54, 1.807) is 6.92 Å². The van der Waals surface area contributed by atoms with Gasteiger partial charge in [0.05, 0.1) is 7.11 Å². The van der Waals surface area contributed by atoms with Gasteiger partial charge in [0.25, 0.3) is 0 Å². The Morgan fingerprint density at radius 1 is 1.32 bits per heavy atom. The number of methoxy groups -OCH3 is 1. The highest BCUT2D eigenvalue weighted by molar-refractivity contribution is 5.79. The average Bonchev–Trinajstić information content (AvgIpc) is 2.43. The summed E-state index contributed by atoms with van der Waals surface area (Å²) < 4.78 is 4.69. The number of unbranched alkanes of at least 4 members (excludes halogenated alkanes) is 1. The van der Waals surface area contributed by atoms with Crippen LogP contribution in [0.2, 0.25) is 0 Å². The van der Waals surface area contributed by atoms with Crippen LogP contribution in [-0.2, 0) is 9.53 Å². The highest BCUT2D eigenvalue weighted by Gasteiger charge is 2.28. The van der Waals surface area contributed by atoms with Crippen LogP contribution in [0.3, 0.4) is 0 Å². The van der Waals surface area contributed by atoms with E-state index in [1.807, 2.05) is 18.2 Å². The maximum absolute atomic E-state index is 11.4. The first-order chi connectivity index (χ1) is 8.97. The van der Waals surface area contributed by atoms with E-state index in [9.17, 15) is 4.79 Å². The predicted octanol–water partition coefficient (Wildman–Crippen LogP) is 2.18. The predicted molar refractivity (Wildman–Crippen MR) is 78.2 cm³/mol. The normalized spacial score (nSPS) is 13.7. The molecule has 0 radical (unpaired) electrons. The monoisotopic (exact) mass is 264 g/mol. The number of ether oxygens (including phenoxy) is 1. The zero-order valence-corrected chi connectivity index (χ0v) is 12.1. The summed E-state index contributed by atoms with van der Waals surface area (Å²) in [5.41, 5.74) is 6.24. The first-order valence-corrected chi connectivity index (χ1v) is 6.61. The molecule has 1 atom stereocenters. The minimum Gasteiger partial charge on any atom is -0.468 e. The van der Waals surface area contributed by atoms with Crippen LogP contribution < -0.4 is 10.6 Å². The molecule has 1 rings (SSSR count). The quantitative estimate of drug-likeness (QED) is 0.606. The van der Waals surface area contributed by atoms with Gasteiger partial charge < -0.3 is 15.4 Å². The number of carbonyl (C=O) groups excluding carboxylic acids is 1. The van der Waals surface area contributed by atoms with Crippen molar-refractivity contribution in [1.82, 2.24) is 0 Å². The molecule has 1 unspecified atom stereocenters. The molecule has 0 heterocycles. The van der Waals surface area contributed by atoms with Crippen molar-refractivity contribution in [3.8, 4) is 0 Å². The molecular formula is C15H24N2O2. The van der Waals surface area contributed by atoms with Crippen molar-refractivity contribution in [2.24, 2.45) is 5.73 Å². The fourth-order valence-corrected chi connectivity index (χ4v) is 1.99. The third-order valence-corrected chi connectivity index (χ3v) is 3.29. The molecule has 0 spiro atoms. The summed E-state index contributed by atoms with van der Waals surface area (Å²) in [7, 11) is 3.44. The third kappa shape index (κ3) is 4.91. The second-order valence-electron chi connectivity index (χ2n) is 5.12. The van der Waals surface area contributed by atoms with Gasteiger partial charge in [-0.1, -0.05) is 18.2 Å². The third-order valence-electron chi connectivity index (χ3n) is 3.29. The number of rotatable bonds is 7. The van der Waals surface area contributed by atoms with Crippen molar-refractivity contribution in [1.29, 1.82) is 0 Å². The number of nitrogens with zero attached hydrogens (tertiary/aromatic N) is 1. The Morgan fingerprint density at radius 2 is 1.95 bits per heavy atom. The molecule has 106 valence electrons. The Labute approximate surface area is 115 Å². The highest BCUT2D eigenvalue weighted by Crippen LogP contribution is 2.15. The first kappa shape index (κ1) is 15.5. The zero-order valence-electron chi connectivity index (χ0n) is 12.1. The van der Waals surface area contributed by atoms with Crippen LogP contribution in [0, 0.1) is 0 Å². The van der Waals surface area contributed by atoms with Crippen LogP contribution in [0.15, 0.2) is 30.3 Å². The van der Waals surface area contributed by atoms with Gasteiger partial charge in [-0.15, -0.1) is 0 Å². The first-order valence-electron chi connectivity index (χ1n) is 6.61. The minimum atomic E-state index is -0.875. The van der Waals surface area contributed by atoms with E-state index >= 15 is 0 Å². The van der Waals surface area contributed by atoms with Gasteiger partial charge in [0, 0.05) is 19.3 Å². The van der Waals surface area contributed by atoms with Crippen LogP contribution >= 0.6 is 0 Å². The van der Waals surface area contributed by atoms with Gasteiger partial charge in [0.1, 0.15) is 5.54 Å². The summed E-state index contributed by atoms with van der Waals surface area (Å²) in [5.74, 6) is -0.344. The lowest BCUT2D eigenvalue weighted by atomic mass is 9.96. The van der Waals surface area contributed by atoms with Gasteiger partial charge in [0.15, 0.2) is 0 Å². The molecule has 0 fully saturated rings. The number of para-hydroxylation sites is 1. The molecule has 4 nitrogen and oxygen atoms in total. The van der Waals surface area contributed by atoms with E-state index in [-0.39, 0.29) is 5.97 Å². The van der Waals surface area contributed by atoms with Gasteiger partial charge in [-0.2, -0.15) is 0 Å². The molecule has 0 amide bonds. The molecule has 0 saturated heterocycles. The number of hydrogen-bond donors (Lipinski definition) is 1. The summed E-state index contributed by atoms with van der Waals surface area (Å²) in [6.07, 6.45) is 2.54. The zero-order chi connectivity index (χ0) is 14.3. The van der Waals surface area contributed by atoms with Crippen LogP contribution in [0.1, 0.15) is 26.2 Å². The molecule has 19 heavy (non-hydrogen) atoms. The molecular weight excluding hydrogens is 240 g/mol. The largest absolute Gasteiger partial charge is 0.468 e. The lowest BCUT2D eigenvalue weighted by Crippen LogP contribution is -2.45. The number of esters is 1. The van der Waals surface area contributed by atoms with Gasteiger partial charge in [-0.05, 0) is 38.3 Å². The lowest BCUT2D eigenvalue weighted by molar-refractivity contribution is -0.146. The summed E-state index contributed by atoms with van der Waals surface area (Å²) in [4.78, 5) is 13.6. The van der Waals surface area contributed by atoms with Crippen molar-refractivity contribution in [3.63, 3.8) is 0 Å². The second kappa shape index (κ2) is 7.14. The Morgan fingerprint density at radius 3 is 2.53 bits per heavy atom. The Bertz CT molecular complexity index is 390. The fourth-order valence-electron chi connectivity index (χ4n) is 1.99. The summed E-state index contributed by atoms with van der Waals surface area (Å²) in [6.45, 7) is 2.67. The standard InChI is InChI=1S/C15H24N2O2/c1-15(16,14(18)19-3)11-7-8-12-17(2)13-9-5-4-6-10-13/h4-6,9-10H,7-8,11-12,16H2,1-3H3.